The molecular formula is C17H25NO6. The van der Waals surface area contributed by atoms with Crippen LogP contribution in [0.15, 0.2) is 18.2 Å². The average Bonchev–Trinajstić information content (AvgIpc) is 2.52. The highest BCUT2D eigenvalue weighted by Crippen LogP contribution is 2.34. The summed E-state index contributed by atoms with van der Waals surface area (Å²) in [6.07, 6.45) is 4.14. The van der Waals surface area contributed by atoms with Crippen LogP contribution in [-0.4, -0.2) is 39.0 Å². The molecule has 0 aromatic heterocycles. The fourth-order valence-corrected chi connectivity index (χ4v) is 2.54. The van der Waals surface area contributed by atoms with E-state index in [1.165, 1.54) is 5.56 Å². The van der Waals surface area contributed by atoms with E-state index >= 15 is 0 Å². The molecule has 0 fully saturated rings. The number of rotatable bonds is 4. The van der Waals surface area contributed by atoms with Crippen molar-refractivity contribution in [2.24, 2.45) is 0 Å². The highest BCUT2D eigenvalue weighted by molar-refractivity contribution is 6.27. The second-order valence-corrected chi connectivity index (χ2v) is 5.89. The van der Waals surface area contributed by atoms with Gasteiger partial charge in [-0.3, -0.25) is 5.32 Å². The summed E-state index contributed by atoms with van der Waals surface area (Å²) >= 11 is 0. The first kappa shape index (κ1) is 19.8. The van der Waals surface area contributed by atoms with Crippen molar-refractivity contribution in [3.05, 3.63) is 23.8 Å². The molecule has 2 rings (SSSR count). The van der Waals surface area contributed by atoms with Gasteiger partial charge in [-0.05, 0) is 37.8 Å². The Hall–Kier alpha value is -2.28. The first-order valence-electron chi connectivity index (χ1n) is 7.95. The van der Waals surface area contributed by atoms with Gasteiger partial charge in [-0.2, -0.15) is 0 Å². The van der Waals surface area contributed by atoms with E-state index in [4.69, 9.17) is 24.5 Å². The van der Waals surface area contributed by atoms with Gasteiger partial charge in [-0.1, -0.05) is 19.9 Å². The zero-order valence-electron chi connectivity index (χ0n) is 14.2. The van der Waals surface area contributed by atoms with Gasteiger partial charge < -0.3 is 20.1 Å². The van der Waals surface area contributed by atoms with Crippen LogP contribution in [0, 0.1) is 0 Å². The minimum Gasteiger partial charge on any atom is -0.508 e. The lowest BCUT2D eigenvalue weighted by Gasteiger charge is -2.39. The summed E-state index contributed by atoms with van der Waals surface area (Å²) in [4.78, 5) is 18.2. The maximum absolute atomic E-state index is 9.53. The summed E-state index contributed by atoms with van der Waals surface area (Å²) in [6.45, 7) is 6.47. The highest BCUT2D eigenvalue weighted by Gasteiger charge is 2.32. The Bertz CT molecular complexity index is 572. The molecule has 0 bridgehead atoms. The molecule has 0 radical (unpaired) electrons. The second kappa shape index (κ2) is 8.54. The van der Waals surface area contributed by atoms with Gasteiger partial charge >= 0.3 is 11.9 Å². The molecular weight excluding hydrogens is 314 g/mol. The number of benzene rings is 1. The molecule has 24 heavy (non-hydrogen) atoms. The van der Waals surface area contributed by atoms with E-state index in [1.807, 2.05) is 6.07 Å². The predicted octanol–water partition coefficient (Wildman–Crippen LogP) is 2.37. The number of carboxylic acid groups (broad SMARTS) is 2. The third-order valence-corrected chi connectivity index (χ3v) is 3.94. The second-order valence-electron chi connectivity index (χ2n) is 5.89. The van der Waals surface area contributed by atoms with E-state index in [1.54, 1.807) is 12.1 Å². The Balaban J connectivity index is 0.000000413. The number of aliphatic carboxylic acids is 2. The lowest BCUT2D eigenvalue weighted by Crippen LogP contribution is -2.53. The number of phenols is 1. The Labute approximate surface area is 141 Å². The molecule has 1 aliphatic heterocycles. The molecule has 1 aromatic rings. The van der Waals surface area contributed by atoms with Crippen LogP contribution in [0.4, 0.5) is 0 Å². The van der Waals surface area contributed by atoms with Crippen molar-refractivity contribution < 1.29 is 29.6 Å². The number of ether oxygens (including phenoxy) is 1. The Morgan fingerprint density at radius 1 is 1.25 bits per heavy atom. The summed E-state index contributed by atoms with van der Waals surface area (Å²) < 4.78 is 6.06. The standard InChI is InChI=1S/C15H23NO2.C2H2O4/c1-4-12(5-2)16-15(3)9-8-11-6-7-13(17)10-14(11)18-15;3-1(4)2(5)6/h6-7,10,12,16-17H,4-5,8-9H2,1-3H3;(H,3,4)(H,5,6). The van der Waals surface area contributed by atoms with E-state index in [0.717, 1.165) is 31.4 Å². The molecule has 1 unspecified atom stereocenters. The SMILES string of the molecule is CCC(CC)NC1(C)CCc2ccc(O)cc2O1.O=C(O)C(=O)O. The maximum Gasteiger partial charge on any atom is 0.414 e. The fourth-order valence-electron chi connectivity index (χ4n) is 2.54. The minimum atomic E-state index is -1.82. The van der Waals surface area contributed by atoms with Crippen LogP contribution in [0.1, 0.15) is 45.6 Å². The Morgan fingerprint density at radius 3 is 2.33 bits per heavy atom. The Kier molecular flexibility index (Phi) is 7.03. The van der Waals surface area contributed by atoms with Crippen molar-refractivity contribution in [1.82, 2.24) is 5.32 Å². The fraction of sp³-hybridized carbons (Fsp3) is 0.529. The van der Waals surface area contributed by atoms with Crippen LogP contribution in [-0.2, 0) is 16.0 Å². The number of fused-ring (bicyclic) bond motifs is 1. The van der Waals surface area contributed by atoms with Crippen LogP contribution in [0.25, 0.3) is 0 Å². The van der Waals surface area contributed by atoms with Gasteiger partial charge in [-0.25, -0.2) is 9.59 Å². The van der Waals surface area contributed by atoms with Crippen LogP contribution in [0.3, 0.4) is 0 Å². The van der Waals surface area contributed by atoms with Gasteiger partial charge in [0.1, 0.15) is 11.5 Å². The minimum absolute atomic E-state index is 0.264. The molecule has 0 spiro atoms. The first-order valence-corrected chi connectivity index (χ1v) is 7.95. The average molecular weight is 339 g/mol. The van der Waals surface area contributed by atoms with Crippen LogP contribution < -0.4 is 10.1 Å². The first-order chi connectivity index (χ1) is 11.2. The predicted molar refractivity (Wildman–Crippen MR) is 88.2 cm³/mol. The smallest absolute Gasteiger partial charge is 0.414 e. The molecule has 1 aliphatic rings. The number of hydrogen-bond donors (Lipinski definition) is 4. The quantitative estimate of drug-likeness (QED) is 0.622. The van der Waals surface area contributed by atoms with Crippen LogP contribution in [0.5, 0.6) is 11.5 Å². The van der Waals surface area contributed by atoms with E-state index in [0.29, 0.717) is 6.04 Å². The summed E-state index contributed by atoms with van der Waals surface area (Å²) in [7, 11) is 0. The molecule has 1 heterocycles. The number of aromatic hydroxyl groups is 1. The Morgan fingerprint density at radius 2 is 1.83 bits per heavy atom. The topological polar surface area (TPSA) is 116 Å². The number of nitrogens with one attached hydrogen (secondary N) is 1. The van der Waals surface area contributed by atoms with Crippen molar-refractivity contribution in [1.29, 1.82) is 0 Å². The lowest BCUT2D eigenvalue weighted by atomic mass is 9.97. The van der Waals surface area contributed by atoms with Crippen molar-refractivity contribution >= 4 is 11.9 Å². The van der Waals surface area contributed by atoms with Crippen molar-refractivity contribution in [2.45, 2.75) is 58.2 Å². The molecule has 0 amide bonds. The van der Waals surface area contributed by atoms with Gasteiger partial charge in [0.2, 0.25) is 0 Å². The summed E-state index contributed by atoms with van der Waals surface area (Å²) in [5.41, 5.74) is 0.855. The molecule has 0 aliphatic carbocycles. The summed E-state index contributed by atoms with van der Waals surface area (Å²) in [5.74, 6) is -2.58. The van der Waals surface area contributed by atoms with Crippen molar-refractivity contribution in [2.75, 3.05) is 0 Å². The monoisotopic (exact) mass is 339 g/mol. The number of aryl methyl sites for hydroxylation is 1. The number of hydrogen-bond acceptors (Lipinski definition) is 5. The number of carbonyl (C=O) groups is 2. The maximum atomic E-state index is 9.53. The molecule has 7 heteroatoms. The third-order valence-electron chi connectivity index (χ3n) is 3.94. The molecule has 0 saturated heterocycles. The molecule has 1 atom stereocenters. The molecule has 1 aromatic carbocycles. The van der Waals surface area contributed by atoms with Crippen molar-refractivity contribution in [3.63, 3.8) is 0 Å². The summed E-state index contributed by atoms with van der Waals surface area (Å²) in [5, 5.41) is 27.9. The molecule has 0 saturated carbocycles. The van der Waals surface area contributed by atoms with E-state index in [9.17, 15) is 5.11 Å². The third kappa shape index (κ3) is 5.73. The van der Waals surface area contributed by atoms with Gasteiger partial charge in [-0.15, -0.1) is 0 Å². The van der Waals surface area contributed by atoms with Gasteiger partial charge in [0, 0.05) is 18.5 Å². The largest absolute Gasteiger partial charge is 0.508 e. The highest BCUT2D eigenvalue weighted by atomic mass is 16.5. The number of carboxylic acids is 2. The van der Waals surface area contributed by atoms with Gasteiger partial charge in [0.15, 0.2) is 5.72 Å². The zero-order valence-corrected chi connectivity index (χ0v) is 14.2. The summed E-state index contributed by atoms with van der Waals surface area (Å²) in [6, 6.07) is 5.86. The van der Waals surface area contributed by atoms with E-state index in [2.05, 4.69) is 26.1 Å². The van der Waals surface area contributed by atoms with Crippen LogP contribution >= 0.6 is 0 Å². The van der Waals surface area contributed by atoms with Gasteiger partial charge in [0.25, 0.3) is 0 Å². The lowest BCUT2D eigenvalue weighted by molar-refractivity contribution is -0.159. The van der Waals surface area contributed by atoms with Crippen LogP contribution in [0.2, 0.25) is 0 Å². The number of phenolic OH excluding ortho intramolecular Hbond substituents is 1. The zero-order chi connectivity index (χ0) is 18.3. The normalized spacial score (nSPS) is 18.8. The van der Waals surface area contributed by atoms with E-state index in [-0.39, 0.29) is 11.5 Å². The van der Waals surface area contributed by atoms with E-state index < -0.39 is 11.9 Å². The molecule has 4 N–H and O–H groups in total. The van der Waals surface area contributed by atoms with Gasteiger partial charge in [0.05, 0.1) is 0 Å². The van der Waals surface area contributed by atoms with Crippen molar-refractivity contribution in [3.8, 4) is 11.5 Å². The molecule has 7 nitrogen and oxygen atoms in total. The molecule has 134 valence electrons.